The third kappa shape index (κ3) is 5.61. The molecule has 1 aliphatic heterocycles. The lowest BCUT2D eigenvalue weighted by molar-refractivity contribution is -0.136. The highest BCUT2D eigenvalue weighted by atomic mass is 32.2. The number of anilines is 1. The minimum Gasteiger partial charge on any atom is -0.349 e. The van der Waals surface area contributed by atoms with Crippen molar-refractivity contribution < 1.29 is 9.59 Å². The lowest BCUT2D eigenvalue weighted by atomic mass is 9.95. The predicted octanol–water partition coefficient (Wildman–Crippen LogP) is 3.97. The third-order valence-corrected chi connectivity index (χ3v) is 6.37. The summed E-state index contributed by atoms with van der Waals surface area (Å²) in [6.45, 7) is 3.39. The molecule has 0 bridgehead atoms. The predicted molar refractivity (Wildman–Crippen MR) is 118 cm³/mol. The number of nitrogens with zero attached hydrogens (tertiary/aromatic N) is 2. The average molecular weight is 412 g/mol. The number of carbonyl (C=O) groups is 2. The Hall–Kier alpha value is -2.31. The van der Waals surface area contributed by atoms with E-state index in [1.807, 2.05) is 49.4 Å². The average Bonchev–Trinajstić information content (AvgIpc) is 2.74. The number of rotatable bonds is 6. The molecule has 0 saturated carbocycles. The highest BCUT2D eigenvalue weighted by molar-refractivity contribution is 7.99. The number of likely N-dealkylation sites (tertiary alicyclic amines) is 1. The second-order valence-electron chi connectivity index (χ2n) is 7.64. The van der Waals surface area contributed by atoms with E-state index in [9.17, 15) is 9.59 Å². The summed E-state index contributed by atoms with van der Waals surface area (Å²) in [7, 11) is 3.58. The maximum atomic E-state index is 13.0. The van der Waals surface area contributed by atoms with Crippen molar-refractivity contribution in [2.24, 2.45) is 5.92 Å². The number of para-hydroxylation sites is 1. The van der Waals surface area contributed by atoms with E-state index in [2.05, 4.69) is 22.3 Å². The Morgan fingerprint density at radius 2 is 1.79 bits per heavy atom. The Balaban J connectivity index is 1.66. The van der Waals surface area contributed by atoms with E-state index in [-0.39, 0.29) is 23.8 Å². The molecule has 0 aromatic heterocycles. The molecule has 2 aromatic carbocycles. The quantitative estimate of drug-likeness (QED) is 0.782. The molecule has 3 rings (SSSR count). The largest absolute Gasteiger partial charge is 0.349 e. The zero-order valence-corrected chi connectivity index (χ0v) is 18.1. The molecule has 0 spiro atoms. The summed E-state index contributed by atoms with van der Waals surface area (Å²) in [5.41, 5.74) is 0.816. The van der Waals surface area contributed by atoms with Crippen molar-refractivity contribution in [1.82, 2.24) is 9.80 Å². The normalized spacial score (nSPS) is 18.1. The van der Waals surface area contributed by atoms with Gasteiger partial charge in [0.15, 0.2) is 0 Å². The van der Waals surface area contributed by atoms with E-state index in [1.165, 1.54) is 0 Å². The van der Waals surface area contributed by atoms with Crippen molar-refractivity contribution in [2.45, 2.75) is 35.6 Å². The molecular weight excluding hydrogens is 382 g/mol. The molecule has 1 saturated heterocycles. The lowest BCUT2D eigenvalue weighted by Crippen LogP contribution is -2.49. The summed E-state index contributed by atoms with van der Waals surface area (Å²) in [6.07, 6.45) is 1.82. The SMILES string of the molecule is CC(C(=O)Nc1ccccc1Sc1ccccc1)N1CCCC(C(=O)N(C)C)C1. The molecule has 6 heteroatoms. The van der Waals surface area contributed by atoms with Crippen molar-refractivity contribution in [3.05, 3.63) is 54.6 Å². The molecule has 0 aliphatic carbocycles. The van der Waals surface area contributed by atoms with Crippen LogP contribution in [-0.4, -0.2) is 54.8 Å². The van der Waals surface area contributed by atoms with Crippen LogP contribution in [0.4, 0.5) is 5.69 Å². The van der Waals surface area contributed by atoms with E-state index in [1.54, 1.807) is 30.8 Å². The minimum absolute atomic E-state index is 0.0325. The van der Waals surface area contributed by atoms with E-state index in [0.717, 1.165) is 34.9 Å². The van der Waals surface area contributed by atoms with Crippen LogP contribution in [-0.2, 0) is 9.59 Å². The highest BCUT2D eigenvalue weighted by Gasteiger charge is 2.31. The fourth-order valence-corrected chi connectivity index (χ4v) is 4.53. The maximum absolute atomic E-state index is 13.0. The van der Waals surface area contributed by atoms with Gasteiger partial charge in [0.05, 0.1) is 17.6 Å². The monoisotopic (exact) mass is 411 g/mol. The Morgan fingerprint density at radius 3 is 2.52 bits per heavy atom. The number of piperidine rings is 1. The van der Waals surface area contributed by atoms with E-state index >= 15 is 0 Å². The van der Waals surface area contributed by atoms with Crippen LogP contribution in [0.25, 0.3) is 0 Å². The van der Waals surface area contributed by atoms with Gasteiger partial charge < -0.3 is 10.2 Å². The minimum atomic E-state index is -0.289. The van der Waals surface area contributed by atoms with Gasteiger partial charge in [0.25, 0.3) is 0 Å². The van der Waals surface area contributed by atoms with Gasteiger partial charge in [-0.25, -0.2) is 0 Å². The summed E-state index contributed by atoms with van der Waals surface area (Å²) < 4.78 is 0. The molecule has 2 aromatic rings. The molecule has 154 valence electrons. The first-order valence-electron chi connectivity index (χ1n) is 10.0. The van der Waals surface area contributed by atoms with Crippen molar-refractivity contribution >= 4 is 29.3 Å². The standard InChI is InChI=1S/C23H29N3O2S/c1-17(26-15-9-10-18(16-26)23(28)25(2)3)22(27)24-20-13-7-8-14-21(20)29-19-11-5-4-6-12-19/h4-8,11-14,17-18H,9-10,15-16H2,1-3H3,(H,24,27). The number of amides is 2. The van der Waals surface area contributed by atoms with Crippen molar-refractivity contribution in [3.8, 4) is 0 Å². The Bertz CT molecular complexity index is 841. The Morgan fingerprint density at radius 1 is 1.10 bits per heavy atom. The van der Waals surface area contributed by atoms with Crippen LogP contribution < -0.4 is 5.32 Å². The molecule has 2 amide bonds. The van der Waals surface area contributed by atoms with Crippen LogP contribution in [0.2, 0.25) is 0 Å². The fourth-order valence-electron chi connectivity index (χ4n) is 3.60. The summed E-state index contributed by atoms with van der Waals surface area (Å²) >= 11 is 1.63. The summed E-state index contributed by atoms with van der Waals surface area (Å²) in [5, 5.41) is 3.10. The number of carbonyl (C=O) groups excluding carboxylic acids is 2. The van der Waals surface area contributed by atoms with Gasteiger partial charge in [0.2, 0.25) is 11.8 Å². The van der Waals surface area contributed by atoms with E-state index in [4.69, 9.17) is 0 Å². The molecule has 2 atom stereocenters. The zero-order chi connectivity index (χ0) is 20.8. The highest BCUT2D eigenvalue weighted by Crippen LogP contribution is 2.33. The third-order valence-electron chi connectivity index (χ3n) is 5.29. The van der Waals surface area contributed by atoms with Crippen LogP contribution in [0.5, 0.6) is 0 Å². The molecule has 0 radical (unpaired) electrons. The first-order chi connectivity index (χ1) is 14.0. The lowest BCUT2D eigenvalue weighted by Gasteiger charge is -2.36. The fraction of sp³-hybridized carbons (Fsp3) is 0.391. The number of hydrogen-bond donors (Lipinski definition) is 1. The van der Waals surface area contributed by atoms with Crippen molar-refractivity contribution in [2.75, 3.05) is 32.5 Å². The topological polar surface area (TPSA) is 52.7 Å². The van der Waals surface area contributed by atoms with Gasteiger partial charge in [-0.1, -0.05) is 42.1 Å². The Kier molecular flexibility index (Phi) is 7.34. The van der Waals surface area contributed by atoms with Crippen LogP contribution in [0.1, 0.15) is 19.8 Å². The van der Waals surface area contributed by atoms with Gasteiger partial charge in [0, 0.05) is 30.4 Å². The molecule has 1 aliphatic rings. The van der Waals surface area contributed by atoms with Gasteiger partial charge in [-0.3, -0.25) is 14.5 Å². The van der Waals surface area contributed by atoms with Crippen LogP contribution in [0, 0.1) is 5.92 Å². The van der Waals surface area contributed by atoms with Crippen molar-refractivity contribution in [1.29, 1.82) is 0 Å². The van der Waals surface area contributed by atoms with Crippen molar-refractivity contribution in [3.63, 3.8) is 0 Å². The molecule has 1 fully saturated rings. The summed E-state index contributed by atoms with van der Waals surface area (Å²) in [4.78, 5) is 31.2. The van der Waals surface area contributed by atoms with Crippen LogP contribution >= 0.6 is 11.8 Å². The molecular formula is C23H29N3O2S. The van der Waals surface area contributed by atoms with E-state index < -0.39 is 0 Å². The first kappa shape index (κ1) is 21.4. The van der Waals surface area contributed by atoms with Gasteiger partial charge in [0.1, 0.15) is 0 Å². The van der Waals surface area contributed by atoms with E-state index in [0.29, 0.717) is 6.54 Å². The Labute approximate surface area is 177 Å². The second-order valence-corrected chi connectivity index (χ2v) is 8.76. The van der Waals surface area contributed by atoms with Gasteiger partial charge in [-0.2, -0.15) is 0 Å². The molecule has 5 nitrogen and oxygen atoms in total. The number of hydrogen-bond acceptors (Lipinski definition) is 4. The van der Waals surface area contributed by atoms with Gasteiger partial charge in [-0.15, -0.1) is 0 Å². The number of benzene rings is 2. The zero-order valence-electron chi connectivity index (χ0n) is 17.3. The van der Waals surface area contributed by atoms with Gasteiger partial charge in [-0.05, 0) is 50.6 Å². The first-order valence-corrected chi connectivity index (χ1v) is 10.9. The molecule has 1 N–H and O–H groups in total. The van der Waals surface area contributed by atoms with Crippen LogP contribution in [0.3, 0.4) is 0 Å². The second kappa shape index (κ2) is 9.94. The summed E-state index contributed by atoms with van der Waals surface area (Å²) in [5.74, 6) is 0.0749. The maximum Gasteiger partial charge on any atom is 0.241 e. The van der Waals surface area contributed by atoms with Crippen LogP contribution in [0.15, 0.2) is 64.4 Å². The number of nitrogens with one attached hydrogen (secondary N) is 1. The summed E-state index contributed by atoms with van der Waals surface area (Å²) in [6, 6.07) is 17.7. The molecule has 1 heterocycles. The van der Waals surface area contributed by atoms with Gasteiger partial charge >= 0.3 is 0 Å². The molecule has 29 heavy (non-hydrogen) atoms. The molecule has 2 unspecified atom stereocenters. The smallest absolute Gasteiger partial charge is 0.241 e.